The Balaban J connectivity index is 2.12. The smallest absolute Gasteiger partial charge is 0.224 e. The molecule has 132 valence electrons. The number of hydrogen-bond donors (Lipinski definition) is 2. The van der Waals surface area contributed by atoms with Crippen LogP contribution in [-0.4, -0.2) is 31.6 Å². The number of carbonyl (C=O) groups excluding carboxylic acids is 2. The summed E-state index contributed by atoms with van der Waals surface area (Å²) in [5.41, 5.74) is 1.59. The van der Waals surface area contributed by atoms with Crippen molar-refractivity contribution in [1.29, 1.82) is 0 Å². The van der Waals surface area contributed by atoms with Crippen molar-refractivity contribution >= 4 is 17.5 Å². The molecule has 6 heteroatoms. The van der Waals surface area contributed by atoms with Gasteiger partial charge in [-0.05, 0) is 25.0 Å². The molecule has 0 atom stereocenters. The fraction of sp³-hybridized carbons (Fsp3) is 0.556. The summed E-state index contributed by atoms with van der Waals surface area (Å²) in [6, 6.07) is 3.66. The van der Waals surface area contributed by atoms with E-state index in [1.165, 1.54) is 6.92 Å². The molecular formula is C18H26N2O4. The third-order valence-electron chi connectivity index (χ3n) is 3.84. The molecule has 1 aliphatic rings. The Morgan fingerprint density at radius 1 is 1.17 bits per heavy atom. The Kier molecular flexibility index (Phi) is 6.90. The monoisotopic (exact) mass is 334 g/mol. The lowest BCUT2D eigenvalue weighted by Crippen LogP contribution is -2.24. The first-order chi connectivity index (χ1) is 11.6. The van der Waals surface area contributed by atoms with Crippen LogP contribution in [0.1, 0.15) is 45.1 Å². The molecule has 2 rings (SSSR count). The van der Waals surface area contributed by atoms with Gasteiger partial charge in [-0.1, -0.05) is 19.8 Å². The predicted molar refractivity (Wildman–Crippen MR) is 92.6 cm³/mol. The summed E-state index contributed by atoms with van der Waals surface area (Å²) in [7, 11) is 0. The van der Waals surface area contributed by atoms with Crippen LogP contribution >= 0.6 is 0 Å². The molecule has 0 bridgehead atoms. The second-order valence-corrected chi connectivity index (χ2v) is 5.85. The van der Waals surface area contributed by atoms with Crippen LogP contribution in [0, 0.1) is 0 Å². The summed E-state index contributed by atoms with van der Waals surface area (Å²) >= 11 is 0. The molecule has 0 fully saturated rings. The minimum Gasteiger partial charge on any atom is -0.486 e. The fourth-order valence-corrected chi connectivity index (χ4v) is 2.65. The van der Waals surface area contributed by atoms with Crippen molar-refractivity contribution in [3.05, 3.63) is 17.7 Å². The lowest BCUT2D eigenvalue weighted by Gasteiger charge is -2.23. The summed E-state index contributed by atoms with van der Waals surface area (Å²) in [4.78, 5) is 23.2. The number of ether oxygens (including phenoxy) is 2. The van der Waals surface area contributed by atoms with E-state index in [0.717, 1.165) is 30.5 Å². The molecule has 24 heavy (non-hydrogen) atoms. The molecule has 0 spiro atoms. The summed E-state index contributed by atoms with van der Waals surface area (Å²) in [5.74, 6) is 1.27. The summed E-state index contributed by atoms with van der Waals surface area (Å²) in [6.45, 7) is 5.07. The first-order valence-electron chi connectivity index (χ1n) is 8.57. The van der Waals surface area contributed by atoms with Crippen LogP contribution < -0.4 is 20.1 Å². The van der Waals surface area contributed by atoms with Crippen molar-refractivity contribution in [2.75, 3.05) is 25.1 Å². The molecule has 6 nitrogen and oxygen atoms in total. The molecule has 2 N–H and O–H groups in total. The Labute approximate surface area is 142 Å². The van der Waals surface area contributed by atoms with Gasteiger partial charge < -0.3 is 20.1 Å². The van der Waals surface area contributed by atoms with Gasteiger partial charge in [0.15, 0.2) is 11.5 Å². The van der Waals surface area contributed by atoms with Gasteiger partial charge in [-0.25, -0.2) is 0 Å². The zero-order chi connectivity index (χ0) is 17.4. The summed E-state index contributed by atoms with van der Waals surface area (Å²) < 4.78 is 11.3. The average molecular weight is 334 g/mol. The number of unbranched alkanes of at least 4 members (excludes halogenated alkanes) is 2. The maximum Gasteiger partial charge on any atom is 0.224 e. The van der Waals surface area contributed by atoms with Gasteiger partial charge in [0.05, 0.1) is 0 Å². The quantitative estimate of drug-likeness (QED) is 0.717. The molecule has 0 radical (unpaired) electrons. The second-order valence-electron chi connectivity index (χ2n) is 5.85. The van der Waals surface area contributed by atoms with Gasteiger partial charge in [-0.3, -0.25) is 9.59 Å². The third kappa shape index (κ3) is 5.15. The Hall–Kier alpha value is -2.24. The van der Waals surface area contributed by atoms with Crippen LogP contribution in [-0.2, 0) is 16.0 Å². The highest BCUT2D eigenvalue weighted by molar-refractivity contribution is 5.92. The maximum absolute atomic E-state index is 12.1. The number of fused-ring (bicyclic) bond motifs is 1. The van der Waals surface area contributed by atoms with E-state index >= 15 is 0 Å². The molecule has 1 aromatic rings. The van der Waals surface area contributed by atoms with E-state index < -0.39 is 0 Å². The van der Waals surface area contributed by atoms with E-state index in [1.54, 1.807) is 0 Å². The first-order valence-corrected chi connectivity index (χ1v) is 8.57. The van der Waals surface area contributed by atoms with Crippen molar-refractivity contribution in [2.45, 2.75) is 46.0 Å². The molecule has 0 aliphatic carbocycles. The van der Waals surface area contributed by atoms with E-state index in [9.17, 15) is 9.59 Å². The largest absolute Gasteiger partial charge is 0.486 e. The van der Waals surface area contributed by atoms with E-state index in [1.807, 2.05) is 12.1 Å². The highest BCUT2D eigenvalue weighted by atomic mass is 16.6. The molecule has 1 heterocycles. The lowest BCUT2D eigenvalue weighted by molar-refractivity contribution is -0.119. The summed E-state index contributed by atoms with van der Waals surface area (Å²) in [6.07, 6.45) is 4.08. The minimum atomic E-state index is -0.0814. The van der Waals surface area contributed by atoms with Gasteiger partial charge in [-0.15, -0.1) is 0 Å². The van der Waals surface area contributed by atoms with Gasteiger partial charge in [-0.2, -0.15) is 0 Å². The maximum atomic E-state index is 12.1. The van der Waals surface area contributed by atoms with Gasteiger partial charge in [0.2, 0.25) is 11.8 Å². The van der Waals surface area contributed by atoms with Crippen molar-refractivity contribution in [2.24, 2.45) is 0 Å². The number of benzene rings is 1. The average Bonchev–Trinajstić information content (AvgIpc) is 2.56. The van der Waals surface area contributed by atoms with Crippen molar-refractivity contribution in [1.82, 2.24) is 5.32 Å². The van der Waals surface area contributed by atoms with Crippen LogP contribution in [0.3, 0.4) is 0 Å². The standard InChI is InChI=1S/C18H26N2O4/c1-3-4-5-6-17(22)20-15-7-8-16-18(24-12-11-23-16)14(15)9-10-19-13(2)21/h7-8H,3-6,9-12H2,1-2H3,(H,19,21)(H,20,22). The van der Waals surface area contributed by atoms with Gasteiger partial charge in [0, 0.05) is 31.1 Å². The van der Waals surface area contributed by atoms with Crippen LogP contribution in [0.5, 0.6) is 11.5 Å². The minimum absolute atomic E-state index is 0.000838. The number of rotatable bonds is 8. The topological polar surface area (TPSA) is 76.7 Å². The third-order valence-corrected chi connectivity index (χ3v) is 3.84. The van der Waals surface area contributed by atoms with Crippen molar-refractivity contribution in [3.8, 4) is 11.5 Å². The normalized spacial score (nSPS) is 12.6. The molecule has 0 saturated heterocycles. The van der Waals surface area contributed by atoms with Crippen LogP contribution in [0.25, 0.3) is 0 Å². The summed E-state index contributed by atoms with van der Waals surface area (Å²) in [5, 5.41) is 5.75. The van der Waals surface area contributed by atoms with E-state index in [0.29, 0.717) is 44.1 Å². The number of amides is 2. The number of anilines is 1. The molecule has 0 unspecified atom stereocenters. The fourth-order valence-electron chi connectivity index (χ4n) is 2.65. The van der Waals surface area contributed by atoms with Gasteiger partial charge >= 0.3 is 0 Å². The van der Waals surface area contributed by atoms with Crippen molar-refractivity contribution in [3.63, 3.8) is 0 Å². The Morgan fingerprint density at radius 3 is 2.71 bits per heavy atom. The molecular weight excluding hydrogens is 308 g/mol. The Bertz CT molecular complexity index is 587. The molecule has 0 saturated carbocycles. The van der Waals surface area contributed by atoms with Crippen LogP contribution in [0.2, 0.25) is 0 Å². The predicted octanol–water partition coefficient (Wildman–Crippen LogP) is 2.66. The molecule has 1 aromatic carbocycles. The second kappa shape index (κ2) is 9.15. The van der Waals surface area contributed by atoms with E-state index in [-0.39, 0.29) is 11.8 Å². The highest BCUT2D eigenvalue weighted by Crippen LogP contribution is 2.38. The van der Waals surface area contributed by atoms with Crippen LogP contribution in [0.15, 0.2) is 12.1 Å². The zero-order valence-corrected chi connectivity index (χ0v) is 14.4. The molecule has 0 aromatic heterocycles. The number of nitrogens with one attached hydrogen (secondary N) is 2. The van der Waals surface area contributed by atoms with E-state index in [4.69, 9.17) is 9.47 Å². The van der Waals surface area contributed by atoms with Gasteiger partial charge in [0.1, 0.15) is 13.2 Å². The number of hydrogen-bond acceptors (Lipinski definition) is 4. The van der Waals surface area contributed by atoms with Crippen molar-refractivity contribution < 1.29 is 19.1 Å². The molecule has 2 amide bonds. The highest BCUT2D eigenvalue weighted by Gasteiger charge is 2.20. The number of carbonyl (C=O) groups is 2. The molecule has 1 aliphatic heterocycles. The van der Waals surface area contributed by atoms with Gasteiger partial charge in [0.25, 0.3) is 0 Å². The lowest BCUT2D eigenvalue weighted by atomic mass is 10.1. The Morgan fingerprint density at radius 2 is 1.96 bits per heavy atom. The SMILES string of the molecule is CCCCCC(=O)Nc1ccc2c(c1CCNC(C)=O)OCCO2. The zero-order valence-electron chi connectivity index (χ0n) is 14.4. The first kappa shape index (κ1) is 18.1. The van der Waals surface area contributed by atoms with Crippen LogP contribution in [0.4, 0.5) is 5.69 Å². The van der Waals surface area contributed by atoms with E-state index in [2.05, 4.69) is 17.6 Å².